The van der Waals surface area contributed by atoms with E-state index in [1.165, 1.54) is 11.3 Å². The molecule has 1 aromatic rings. The first kappa shape index (κ1) is 11.5. The van der Waals surface area contributed by atoms with E-state index in [-0.39, 0.29) is 5.41 Å². The molecule has 0 unspecified atom stereocenters. The lowest BCUT2D eigenvalue weighted by atomic mass is 9.87. The summed E-state index contributed by atoms with van der Waals surface area (Å²) in [6.45, 7) is 10.1. The molecule has 0 bridgehead atoms. The summed E-state index contributed by atoms with van der Waals surface area (Å²) in [5.74, 6) is 0.808. The van der Waals surface area contributed by atoms with Gasteiger partial charge in [0.2, 0.25) is 0 Å². The van der Waals surface area contributed by atoms with E-state index in [2.05, 4.69) is 55.7 Å². The summed E-state index contributed by atoms with van der Waals surface area (Å²) in [5.41, 5.74) is 2.87. The van der Waals surface area contributed by atoms with Gasteiger partial charge in [0, 0.05) is 31.2 Å². The molecule has 1 heterocycles. The van der Waals surface area contributed by atoms with Gasteiger partial charge in [-0.2, -0.15) is 0 Å². The maximum absolute atomic E-state index is 3.49. The van der Waals surface area contributed by atoms with Crippen molar-refractivity contribution in [2.45, 2.75) is 26.2 Å². The molecule has 0 aliphatic carbocycles. The summed E-state index contributed by atoms with van der Waals surface area (Å²) in [7, 11) is 0. The maximum Gasteiger partial charge on any atom is 0.0340 e. The molecular formula is C14H22N2. The Bertz CT molecular complexity index is 331. The molecule has 0 saturated carbocycles. The van der Waals surface area contributed by atoms with Gasteiger partial charge >= 0.3 is 0 Å². The maximum atomic E-state index is 3.49. The van der Waals surface area contributed by atoms with Gasteiger partial charge in [0.25, 0.3) is 0 Å². The zero-order chi connectivity index (χ0) is 11.6. The highest BCUT2D eigenvalue weighted by molar-refractivity contribution is 5.45. The van der Waals surface area contributed by atoms with E-state index in [4.69, 9.17) is 0 Å². The molecule has 0 spiro atoms. The molecule has 2 nitrogen and oxygen atoms in total. The quantitative estimate of drug-likeness (QED) is 0.815. The van der Waals surface area contributed by atoms with Gasteiger partial charge in [-0.3, -0.25) is 0 Å². The summed E-state index contributed by atoms with van der Waals surface area (Å²) >= 11 is 0. The number of benzene rings is 1. The van der Waals surface area contributed by atoms with Crippen molar-refractivity contribution >= 4 is 5.69 Å². The minimum Gasteiger partial charge on any atom is -0.385 e. The molecule has 2 N–H and O–H groups in total. The molecule has 0 radical (unpaired) electrons. The Balaban J connectivity index is 1.91. The van der Waals surface area contributed by atoms with Gasteiger partial charge in [-0.05, 0) is 23.1 Å². The van der Waals surface area contributed by atoms with E-state index in [0.29, 0.717) is 0 Å². The first-order valence-corrected chi connectivity index (χ1v) is 6.11. The summed E-state index contributed by atoms with van der Waals surface area (Å²) in [5, 5.41) is 6.77. The molecule has 0 amide bonds. The molecule has 1 fully saturated rings. The molecular weight excluding hydrogens is 196 g/mol. The van der Waals surface area contributed by atoms with Crippen LogP contribution in [0.2, 0.25) is 0 Å². The second-order valence-corrected chi connectivity index (χ2v) is 5.73. The molecule has 16 heavy (non-hydrogen) atoms. The van der Waals surface area contributed by atoms with Crippen LogP contribution in [0.25, 0.3) is 0 Å². The second-order valence-electron chi connectivity index (χ2n) is 5.73. The molecule has 1 aromatic carbocycles. The number of hydrogen-bond donors (Lipinski definition) is 2. The fraction of sp³-hybridized carbons (Fsp3) is 0.571. The second kappa shape index (κ2) is 4.46. The molecule has 1 saturated heterocycles. The van der Waals surface area contributed by atoms with E-state index < -0.39 is 0 Å². The minimum atomic E-state index is 0.246. The fourth-order valence-corrected chi connectivity index (χ4v) is 1.84. The summed E-state index contributed by atoms with van der Waals surface area (Å²) in [6, 6.07) is 8.82. The average Bonchev–Trinajstić information content (AvgIpc) is 2.15. The van der Waals surface area contributed by atoms with E-state index in [1.54, 1.807) is 0 Å². The van der Waals surface area contributed by atoms with E-state index in [0.717, 1.165) is 25.6 Å². The third-order valence-electron chi connectivity index (χ3n) is 3.21. The minimum absolute atomic E-state index is 0.246. The Hall–Kier alpha value is -1.02. The Morgan fingerprint density at radius 3 is 2.25 bits per heavy atom. The van der Waals surface area contributed by atoms with Crippen LogP contribution in [0.4, 0.5) is 5.69 Å². The van der Waals surface area contributed by atoms with E-state index in [9.17, 15) is 0 Å². The highest BCUT2D eigenvalue weighted by Gasteiger charge is 2.16. The van der Waals surface area contributed by atoms with Crippen molar-refractivity contribution in [1.29, 1.82) is 0 Å². The molecule has 0 atom stereocenters. The first-order valence-electron chi connectivity index (χ1n) is 6.11. The lowest BCUT2D eigenvalue weighted by Gasteiger charge is -2.27. The predicted molar refractivity (Wildman–Crippen MR) is 70.0 cm³/mol. The summed E-state index contributed by atoms with van der Waals surface area (Å²) in [4.78, 5) is 0. The average molecular weight is 218 g/mol. The number of nitrogens with one attached hydrogen (secondary N) is 2. The zero-order valence-corrected chi connectivity index (χ0v) is 10.5. The van der Waals surface area contributed by atoms with Crippen molar-refractivity contribution in [2.75, 3.05) is 25.0 Å². The standard InChI is InChI=1S/C14H22N2/c1-14(2,3)12-4-6-13(7-5-12)16-10-11-8-15-9-11/h4-7,11,15-16H,8-10H2,1-3H3. The van der Waals surface area contributed by atoms with Crippen molar-refractivity contribution in [3.8, 4) is 0 Å². The lowest BCUT2D eigenvalue weighted by Crippen LogP contribution is -2.45. The Labute approximate surface area is 98.4 Å². The Kier molecular flexibility index (Phi) is 3.20. The normalized spacial score (nSPS) is 16.9. The largest absolute Gasteiger partial charge is 0.385 e. The predicted octanol–water partition coefficient (Wildman–Crippen LogP) is 2.62. The Morgan fingerprint density at radius 2 is 1.81 bits per heavy atom. The van der Waals surface area contributed by atoms with Crippen LogP contribution in [0, 0.1) is 5.92 Å². The van der Waals surface area contributed by atoms with Gasteiger partial charge in [-0.1, -0.05) is 32.9 Å². The van der Waals surface area contributed by atoms with Crippen molar-refractivity contribution < 1.29 is 0 Å². The number of rotatable bonds is 3. The third-order valence-corrected chi connectivity index (χ3v) is 3.21. The first-order chi connectivity index (χ1) is 7.55. The van der Waals surface area contributed by atoms with Crippen LogP contribution in [0.1, 0.15) is 26.3 Å². The number of anilines is 1. The molecule has 1 aliphatic heterocycles. The van der Waals surface area contributed by atoms with Gasteiger partial charge < -0.3 is 10.6 Å². The molecule has 1 aliphatic rings. The molecule has 0 aromatic heterocycles. The third kappa shape index (κ3) is 2.76. The fourth-order valence-electron chi connectivity index (χ4n) is 1.84. The van der Waals surface area contributed by atoms with Crippen LogP contribution < -0.4 is 10.6 Å². The SMILES string of the molecule is CC(C)(C)c1ccc(NCC2CNC2)cc1. The molecule has 2 rings (SSSR count). The topological polar surface area (TPSA) is 24.1 Å². The summed E-state index contributed by atoms with van der Waals surface area (Å²) < 4.78 is 0. The lowest BCUT2D eigenvalue weighted by molar-refractivity contribution is 0.365. The van der Waals surface area contributed by atoms with Crippen LogP contribution in [0.3, 0.4) is 0 Å². The van der Waals surface area contributed by atoms with Gasteiger partial charge in [0.1, 0.15) is 0 Å². The summed E-state index contributed by atoms with van der Waals surface area (Å²) in [6.07, 6.45) is 0. The van der Waals surface area contributed by atoms with Crippen molar-refractivity contribution in [2.24, 2.45) is 5.92 Å². The van der Waals surface area contributed by atoms with Crippen LogP contribution >= 0.6 is 0 Å². The zero-order valence-electron chi connectivity index (χ0n) is 10.5. The molecule has 88 valence electrons. The van der Waals surface area contributed by atoms with Crippen LogP contribution in [-0.2, 0) is 5.41 Å². The Morgan fingerprint density at radius 1 is 1.19 bits per heavy atom. The van der Waals surface area contributed by atoms with Crippen molar-refractivity contribution in [3.63, 3.8) is 0 Å². The highest BCUT2D eigenvalue weighted by atomic mass is 15.0. The highest BCUT2D eigenvalue weighted by Crippen LogP contribution is 2.23. The smallest absolute Gasteiger partial charge is 0.0340 e. The van der Waals surface area contributed by atoms with Crippen molar-refractivity contribution in [3.05, 3.63) is 29.8 Å². The van der Waals surface area contributed by atoms with Gasteiger partial charge in [-0.15, -0.1) is 0 Å². The number of hydrogen-bond acceptors (Lipinski definition) is 2. The van der Waals surface area contributed by atoms with Crippen LogP contribution in [0.15, 0.2) is 24.3 Å². The van der Waals surface area contributed by atoms with Crippen LogP contribution in [-0.4, -0.2) is 19.6 Å². The van der Waals surface area contributed by atoms with E-state index in [1.807, 2.05) is 0 Å². The van der Waals surface area contributed by atoms with Gasteiger partial charge in [0.15, 0.2) is 0 Å². The van der Waals surface area contributed by atoms with Crippen LogP contribution in [0.5, 0.6) is 0 Å². The monoisotopic (exact) mass is 218 g/mol. The van der Waals surface area contributed by atoms with Crippen molar-refractivity contribution in [1.82, 2.24) is 5.32 Å². The van der Waals surface area contributed by atoms with Gasteiger partial charge in [0.05, 0.1) is 0 Å². The van der Waals surface area contributed by atoms with E-state index >= 15 is 0 Å². The molecule has 2 heteroatoms. The van der Waals surface area contributed by atoms with Gasteiger partial charge in [-0.25, -0.2) is 0 Å².